The van der Waals surface area contributed by atoms with Gasteiger partial charge >= 0.3 is 0 Å². The molecule has 0 spiro atoms. The van der Waals surface area contributed by atoms with Crippen LogP contribution in [0, 0.1) is 0 Å². The van der Waals surface area contributed by atoms with Crippen molar-refractivity contribution in [2.24, 2.45) is 0 Å². The molecule has 2 rings (SSSR count). The van der Waals surface area contributed by atoms with Gasteiger partial charge in [-0.3, -0.25) is 4.90 Å². The van der Waals surface area contributed by atoms with Crippen LogP contribution in [-0.2, 0) is 4.74 Å². The minimum absolute atomic E-state index is 0. The zero-order valence-corrected chi connectivity index (χ0v) is 8.00. The molecule has 1 N–H and O–H groups in total. The summed E-state index contributed by atoms with van der Waals surface area (Å²) in [7, 11) is 1.83. The van der Waals surface area contributed by atoms with Gasteiger partial charge in [0.25, 0.3) is 0 Å². The summed E-state index contributed by atoms with van der Waals surface area (Å²) in [5.41, 5.74) is 0. The SMILES string of the molecule is C.CNC1CCN(C2COC2)CC1F. The lowest BCUT2D eigenvalue weighted by molar-refractivity contribution is -0.0815. The molecular weight excluding hydrogens is 183 g/mol. The average Bonchev–Trinajstić information content (AvgIpc) is 2.01. The van der Waals surface area contributed by atoms with Crippen molar-refractivity contribution >= 4 is 0 Å². The minimum Gasteiger partial charge on any atom is -0.378 e. The van der Waals surface area contributed by atoms with Crippen LogP contribution in [0.4, 0.5) is 4.39 Å². The lowest BCUT2D eigenvalue weighted by Gasteiger charge is -2.42. The molecule has 2 unspecified atom stereocenters. The van der Waals surface area contributed by atoms with Gasteiger partial charge in [-0.05, 0) is 13.5 Å². The molecular formula is C10H21FN2O. The zero-order chi connectivity index (χ0) is 9.26. The molecule has 0 aliphatic carbocycles. The highest BCUT2D eigenvalue weighted by molar-refractivity contribution is 4.89. The second-order valence-corrected chi connectivity index (χ2v) is 3.89. The molecule has 0 radical (unpaired) electrons. The number of likely N-dealkylation sites (tertiary alicyclic amines) is 1. The van der Waals surface area contributed by atoms with Gasteiger partial charge in [0.05, 0.1) is 19.3 Å². The first-order valence-corrected chi connectivity index (χ1v) is 4.94. The number of hydrogen-bond acceptors (Lipinski definition) is 3. The maximum absolute atomic E-state index is 13.5. The minimum atomic E-state index is -0.723. The van der Waals surface area contributed by atoms with Gasteiger partial charge in [-0.15, -0.1) is 0 Å². The topological polar surface area (TPSA) is 24.5 Å². The van der Waals surface area contributed by atoms with Crippen LogP contribution >= 0.6 is 0 Å². The molecule has 2 atom stereocenters. The molecule has 0 bridgehead atoms. The van der Waals surface area contributed by atoms with Crippen LogP contribution in [0.2, 0.25) is 0 Å². The number of nitrogens with one attached hydrogen (secondary N) is 1. The number of halogens is 1. The first kappa shape index (κ1) is 11.9. The first-order valence-electron chi connectivity index (χ1n) is 4.94. The Morgan fingerprint density at radius 3 is 2.57 bits per heavy atom. The molecule has 2 heterocycles. The number of alkyl halides is 1. The molecule has 2 aliphatic heterocycles. The molecule has 14 heavy (non-hydrogen) atoms. The smallest absolute Gasteiger partial charge is 0.128 e. The van der Waals surface area contributed by atoms with Gasteiger partial charge in [0.2, 0.25) is 0 Å². The van der Waals surface area contributed by atoms with Crippen LogP contribution in [0.5, 0.6) is 0 Å². The summed E-state index contributed by atoms with van der Waals surface area (Å²) in [6, 6.07) is 0.535. The number of piperidine rings is 1. The van der Waals surface area contributed by atoms with E-state index in [4.69, 9.17) is 4.74 Å². The van der Waals surface area contributed by atoms with E-state index in [9.17, 15) is 4.39 Å². The third kappa shape index (κ3) is 2.24. The molecule has 0 amide bonds. The maximum atomic E-state index is 13.5. The molecule has 0 aromatic heterocycles. The van der Waals surface area contributed by atoms with E-state index in [2.05, 4.69) is 10.2 Å². The van der Waals surface area contributed by atoms with E-state index >= 15 is 0 Å². The van der Waals surface area contributed by atoms with Crippen molar-refractivity contribution in [1.82, 2.24) is 10.2 Å². The number of nitrogens with zero attached hydrogens (tertiary/aromatic N) is 1. The lowest BCUT2D eigenvalue weighted by atomic mass is 10.0. The number of hydrogen-bond donors (Lipinski definition) is 1. The largest absolute Gasteiger partial charge is 0.378 e. The van der Waals surface area contributed by atoms with Crippen LogP contribution in [-0.4, -0.2) is 56.5 Å². The highest BCUT2D eigenvalue weighted by atomic mass is 19.1. The van der Waals surface area contributed by atoms with Gasteiger partial charge in [-0.25, -0.2) is 4.39 Å². The second-order valence-electron chi connectivity index (χ2n) is 3.89. The highest BCUT2D eigenvalue weighted by Crippen LogP contribution is 2.19. The quantitative estimate of drug-likeness (QED) is 0.715. The van der Waals surface area contributed by atoms with Crippen LogP contribution in [0.25, 0.3) is 0 Å². The van der Waals surface area contributed by atoms with E-state index in [-0.39, 0.29) is 13.5 Å². The molecule has 2 aliphatic rings. The van der Waals surface area contributed by atoms with Gasteiger partial charge in [0, 0.05) is 19.1 Å². The third-order valence-corrected chi connectivity index (χ3v) is 3.08. The Morgan fingerprint density at radius 2 is 2.14 bits per heavy atom. The Kier molecular flexibility index (Phi) is 4.29. The average molecular weight is 204 g/mol. The summed E-state index contributed by atoms with van der Waals surface area (Å²) in [4.78, 5) is 2.21. The fourth-order valence-corrected chi connectivity index (χ4v) is 2.02. The molecule has 2 fully saturated rings. The number of ether oxygens (including phenoxy) is 1. The van der Waals surface area contributed by atoms with E-state index in [0.717, 1.165) is 26.2 Å². The predicted molar refractivity (Wildman–Crippen MR) is 55.3 cm³/mol. The molecule has 0 saturated carbocycles. The van der Waals surface area contributed by atoms with Crippen LogP contribution in [0.1, 0.15) is 13.8 Å². The lowest BCUT2D eigenvalue weighted by Crippen LogP contribution is -2.57. The van der Waals surface area contributed by atoms with E-state index in [1.807, 2.05) is 7.05 Å². The van der Waals surface area contributed by atoms with Crippen LogP contribution < -0.4 is 5.32 Å². The van der Waals surface area contributed by atoms with Crippen molar-refractivity contribution in [3.8, 4) is 0 Å². The Labute approximate surface area is 85.6 Å². The fourth-order valence-electron chi connectivity index (χ4n) is 2.02. The van der Waals surface area contributed by atoms with E-state index in [0.29, 0.717) is 12.6 Å². The van der Waals surface area contributed by atoms with Gasteiger partial charge in [0.1, 0.15) is 6.17 Å². The van der Waals surface area contributed by atoms with Crippen LogP contribution in [0.3, 0.4) is 0 Å². The van der Waals surface area contributed by atoms with Crippen molar-refractivity contribution in [3.05, 3.63) is 0 Å². The van der Waals surface area contributed by atoms with Crippen molar-refractivity contribution in [2.75, 3.05) is 33.4 Å². The van der Waals surface area contributed by atoms with Gasteiger partial charge in [0.15, 0.2) is 0 Å². The monoisotopic (exact) mass is 204 g/mol. The van der Waals surface area contributed by atoms with Gasteiger partial charge in [-0.2, -0.15) is 0 Å². The standard InChI is InChI=1S/C9H17FN2O.CH4/c1-11-9-2-3-12(4-8(9)10)7-5-13-6-7;/h7-9,11H,2-6H2,1H3;1H4. The molecule has 0 aromatic rings. The number of rotatable bonds is 2. The fraction of sp³-hybridized carbons (Fsp3) is 1.00. The summed E-state index contributed by atoms with van der Waals surface area (Å²) in [5, 5.41) is 3.02. The Hall–Kier alpha value is -0.190. The normalized spacial score (nSPS) is 34.7. The van der Waals surface area contributed by atoms with Crippen molar-refractivity contribution in [2.45, 2.75) is 32.1 Å². The van der Waals surface area contributed by atoms with Crippen molar-refractivity contribution in [1.29, 1.82) is 0 Å². The molecule has 0 aromatic carbocycles. The third-order valence-electron chi connectivity index (χ3n) is 3.08. The Morgan fingerprint density at radius 1 is 1.43 bits per heavy atom. The zero-order valence-electron chi connectivity index (χ0n) is 8.00. The molecule has 3 nitrogen and oxygen atoms in total. The Balaban J connectivity index is 0.000000980. The van der Waals surface area contributed by atoms with Crippen molar-refractivity contribution < 1.29 is 9.13 Å². The van der Waals surface area contributed by atoms with Crippen molar-refractivity contribution in [3.63, 3.8) is 0 Å². The Bertz CT molecular complexity index is 176. The predicted octanol–water partition coefficient (Wildman–Crippen LogP) is 0.653. The summed E-state index contributed by atoms with van der Waals surface area (Å²) in [5.74, 6) is 0. The molecule has 84 valence electrons. The summed E-state index contributed by atoms with van der Waals surface area (Å²) >= 11 is 0. The van der Waals surface area contributed by atoms with E-state index in [1.54, 1.807) is 0 Å². The first-order chi connectivity index (χ1) is 6.31. The van der Waals surface area contributed by atoms with Gasteiger partial charge in [-0.1, -0.05) is 7.43 Å². The summed E-state index contributed by atoms with van der Waals surface area (Å²) < 4.78 is 18.6. The molecule has 4 heteroatoms. The van der Waals surface area contributed by atoms with Crippen LogP contribution in [0.15, 0.2) is 0 Å². The second kappa shape index (κ2) is 5.05. The summed E-state index contributed by atoms with van der Waals surface area (Å²) in [6.45, 7) is 3.15. The molecule has 2 saturated heterocycles. The highest BCUT2D eigenvalue weighted by Gasteiger charge is 2.34. The maximum Gasteiger partial charge on any atom is 0.128 e. The summed E-state index contributed by atoms with van der Waals surface area (Å²) in [6.07, 6.45) is 0.188. The van der Waals surface area contributed by atoms with E-state index < -0.39 is 6.17 Å². The van der Waals surface area contributed by atoms with Gasteiger partial charge < -0.3 is 10.1 Å². The van der Waals surface area contributed by atoms with E-state index in [1.165, 1.54) is 0 Å².